The van der Waals surface area contributed by atoms with E-state index in [9.17, 15) is 19.5 Å². The number of anilines is 1. The average molecular weight is 691 g/mol. The van der Waals surface area contributed by atoms with Crippen molar-refractivity contribution >= 4 is 23.8 Å². The number of carbonyl (C=O) groups excluding carboxylic acids is 3. The number of phenols is 1. The molecule has 0 radical (unpaired) electrons. The number of aromatic hydroxyl groups is 1. The molecule has 7 atom stereocenters. The average Bonchev–Trinajstić information content (AvgIpc) is 3.03. The molecule has 2 rings (SSSR count). The van der Waals surface area contributed by atoms with Crippen LogP contribution in [0, 0.1) is 17.8 Å². The second-order valence-corrected chi connectivity index (χ2v) is 12.3. The van der Waals surface area contributed by atoms with Crippen LogP contribution < -0.4 is 21.1 Å². The number of ether oxygens (including phenoxy) is 5. The van der Waals surface area contributed by atoms with Gasteiger partial charge in [-0.3, -0.25) is 4.79 Å². The smallest absolute Gasteiger partial charge is 0.415 e. The van der Waals surface area contributed by atoms with Crippen LogP contribution in [0.15, 0.2) is 47.6 Å². The maximum Gasteiger partial charge on any atom is 0.415 e. The van der Waals surface area contributed by atoms with Crippen LogP contribution in [0.3, 0.4) is 0 Å². The lowest BCUT2D eigenvalue weighted by Gasteiger charge is -2.33. The second-order valence-electron chi connectivity index (χ2n) is 12.3. The molecule has 0 aromatic heterocycles. The molecule has 1 aromatic rings. The number of nitrogens with one attached hydrogen (secondary N) is 2. The van der Waals surface area contributed by atoms with Crippen molar-refractivity contribution in [2.24, 2.45) is 23.5 Å². The van der Waals surface area contributed by atoms with Crippen molar-refractivity contribution in [2.45, 2.75) is 72.9 Å². The van der Waals surface area contributed by atoms with Crippen LogP contribution >= 0.6 is 0 Å². The van der Waals surface area contributed by atoms with Gasteiger partial charge in [0.2, 0.25) is 0 Å². The van der Waals surface area contributed by atoms with Crippen LogP contribution in [-0.2, 0) is 23.7 Å². The first-order valence-electron chi connectivity index (χ1n) is 16.0. The van der Waals surface area contributed by atoms with Crippen molar-refractivity contribution in [3.63, 3.8) is 0 Å². The van der Waals surface area contributed by atoms with Crippen LogP contribution in [0.5, 0.6) is 11.5 Å². The molecule has 5 N–H and O–H groups in total. The number of carbonyl (C=O) groups is 3. The van der Waals surface area contributed by atoms with Gasteiger partial charge in [0, 0.05) is 70.5 Å². The molecule has 1 heterocycles. The van der Waals surface area contributed by atoms with E-state index >= 15 is 0 Å². The van der Waals surface area contributed by atoms with Gasteiger partial charge in [-0.25, -0.2) is 9.59 Å². The number of likely N-dealkylation sites (N-methyl/N-ethyl adjacent to an activating group) is 2. The number of primary amides is 1. The first-order chi connectivity index (χ1) is 22.7. The van der Waals surface area contributed by atoms with Gasteiger partial charge in [0.05, 0.1) is 24.0 Å². The minimum absolute atomic E-state index is 0. The lowest BCUT2D eigenvalue weighted by molar-refractivity contribution is -0.112. The molecular formula is C36H58N4O9. The van der Waals surface area contributed by atoms with Crippen molar-refractivity contribution < 1.29 is 43.2 Å². The van der Waals surface area contributed by atoms with Crippen LogP contribution in [0.4, 0.5) is 15.3 Å². The van der Waals surface area contributed by atoms with E-state index in [0.717, 1.165) is 5.57 Å². The summed E-state index contributed by atoms with van der Waals surface area (Å²) in [6.07, 6.45) is 3.77. The van der Waals surface area contributed by atoms with Gasteiger partial charge in [0.1, 0.15) is 17.6 Å². The standard InChI is InChI=1S/C35H54N4O9.CH4/c1-20-12-11-13-21(2)33(41)38-27-19-25(47-35(43)39(7)15-14-37-6)18-26(29(27)40)31(45-9)24(5)17-28(44-8)32(46-10)23(4)16-22(3)30(20)48-34(36)42;/h11-13,16,18-20,23-24,28,30-32,37,40H,14-15,17H2,1-10H3,(H2,36,42)(H,38,41);1H4/b12-11-,21-13+,22-16+;/t20-,23-,24-,28-,30+,31+,32+;/m0./s1. The highest BCUT2D eigenvalue weighted by Crippen LogP contribution is 2.42. The van der Waals surface area contributed by atoms with Crippen LogP contribution in [-0.4, -0.2) is 94.9 Å². The number of hydrogen-bond donors (Lipinski definition) is 4. The van der Waals surface area contributed by atoms with Crippen LogP contribution in [0.25, 0.3) is 0 Å². The van der Waals surface area contributed by atoms with Gasteiger partial charge >= 0.3 is 12.2 Å². The van der Waals surface area contributed by atoms with Crippen molar-refractivity contribution in [3.05, 3.63) is 53.1 Å². The molecule has 276 valence electrons. The topological polar surface area (TPSA) is 171 Å². The lowest BCUT2D eigenvalue weighted by Crippen LogP contribution is -2.37. The molecule has 0 saturated carbocycles. The van der Waals surface area contributed by atoms with Crippen LogP contribution in [0.2, 0.25) is 0 Å². The number of benzene rings is 1. The first-order valence-corrected chi connectivity index (χ1v) is 16.0. The van der Waals surface area contributed by atoms with Crippen molar-refractivity contribution in [3.8, 4) is 11.5 Å². The van der Waals surface area contributed by atoms with Gasteiger partial charge < -0.3 is 50.1 Å². The molecule has 1 aliphatic heterocycles. The van der Waals surface area contributed by atoms with Crippen molar-refractivity contribution in [1.82, 2.24) is 10.2 Å². The number of nitrogens with two attached hydrogens (primary N) is 1. The normalized spacial score (nSPS) is 28.0. The third-order valence-corrected chi connectivity index (χ3v) is 8.53. The summed E-state index contributed by atoms with van der Waals surface area (Å²) in [6, 6.07) is 2.93. The number of methoxy groups -OCH3 is 3. The highest BCUT2D eigenvalue weighted by atomic mass is 16.6. The number of fused-ring (bicyclic) bond motifs is 2. The van der Waals surface area contributed by atoms with Gasteiger partial charge in [-0.05, 0) is 44.9 Å². The predicted molar refractivity (Wildman–Crippen MR) is 191 cm³/mol. The van der Waals surface area contributed by atoms with E-state index in [-0.39, 0.29) is 42.4 Å². The van der Waals surface area contributed by atoms with Gasteiger partial charge in [0.25, 0.3) is 5.91 Å². The number of amides is 3. The summed E-state index contributed by atoms with van der Waals surface area (Å²) in [6.45, 7) is 10.2. The minimum atomic E-state index is -0.904. The molecule has 0 saturated heterocycles. The summed E-state index contributed by atoms with van der Waals surface area (Å²) in [5, 5.41) is 17.2. The van der Waals surface area contributed by atoms with Gasteiger partial charge in [-0.15, -0.1) is 0 Å². The summed E-state index contributed by atoms with van der Waals surface area (Å²) < 4.78 is 29.0. The summed E-state index contributed by atoms with van der Waals surface area (Å²) in [4.78, 5) is 39.5. The Balaban J connectivity index is 0.0000120. The Labute approximate surface area is 291 Å². The quantitative estimate of drug-likeness (QED) is 0.200. The lowest BCUT2D eigenvalue weighted by atomic mass is 9.86. The zero-order chi connectivity index (χ0) is 36.1. The summed E-state index contributed by atoms with van der Waals surface area (Å²) in [5.74, 6) is -1.37. The predicted octanol–water partition coefficient (Wildman–Crippen LogP) is 5.56. The molecule has 0 fully saturated rings. The monoisotopic (exact) mass is 690 g/mol. The summed E-state index contributed by atoms with van der Waals surface area (Å²) >= 11 is 0. The molecule has 0 spiro atoms. The van der Waals surface area contributed by atoms with E-state index in [1.165, 1.54) is 24.1 Å². The first kappa shape index (κ1) is 43.1. The Morgan fingerprint density at radius 2 is 1.73 bits per heavy atom. The van der Waals surface area contributed by atoms with Gasteiger partial charge in [-0.2, -0.15) is 0 Å². The Bertz CT molecular complexity index is 1350. The zero-order valence-corrected chi connectivity index (χ0v) is 29.9. The van der Waals surface area contributed by atoms with Gasteiger partial charge in [0.15, 0.2) is 0 Å². The molecule has 0 aliphatic carbocycles. The molecule has 13 nitrogen and oxygen atoms in total. The van der Waals surface area contributed by atoms with E-state index in [1.807, 2.05) is 33.8 Å². The number of rotatable bonds is 8. The molecule has 2 bridgehead atoms. The Kier molecular flexibility index (Phi) is 18.1. The van der Waals surface area contributed by atoms with E-state index in [4.69, 9.17) is 29.4 Å². The number of phenolic OH excluding ortho intramolecular Hbond substituents is 1. The largest absolute Gasteiger partial charge is 0.505 e. The molecule has 3 amide bonds. The third kappa shape index (κ3) is 12.2. The van der Waals surface area contributed by atoms with Crippen molar-refractivity contribution in [1.29, 1.82) is 0 Å². The highest BCUT2D eigenvalue weighted by molar-refractivity contribution is 6.04. The number of allylic oxidation sites excluding steroid dienone is 2. The molecule has 1 aliphatic rings. The third-order valence-electron chi connectivity index (χ3n) is 8.53. The highest BCUT2D eigenvalue weighted by Gasteiger charge is 2.33. The molecule has 49 heavy (non-hydrogen) atoms. The fourth-order valence-corrected chi connectivity index (χ4v) is 5.89. The van der Waals surface area contributed by atoms with E-state index in [0.29, 0.717) is 30.6 Å². The molecule has 13 heteroatoms. The molecular weight excluding hydrogens is 632 g/mol. The Hall–Kier alpha value is -3.91. The Morgan fingerprint density at radius 3 is 2.31 bits per heavy atom. The fourth-order valence-electron chi connectivity index (χ4n) is 5.89. The molecule has 1 aromatic carbocycles. The molecule has 0 unspecified atom stereocenters. The zero-order valence-electron chi connectivity index (χ0n) is 29.9. The summed E-state index contributed by atoms with van der Waals surface area (Å²) in [5.41, 5.74) is 6.88. The van der Waals surface area contributed by atoms with Crippen molar-refractivity contribution in [2.75, 3.05) is 53.8 Å². The van der Waals surface area contributed by atoms with Gasteiger partial charge in [-0.1, -0.05) is 52.5 Å². The fraction of sp³-hybridized carbons (Fsp3) is 0.583. The number of hydrogen-bond acceptors (Lipinski definition) is 10. The summed E-state index contributed by atoms with van der Waals surface area (Å²) in [7, 11) is 8.11. The van der Waals surface area contributed by atoms with Crippen LogP contribution in [0.1, 0.15) is 60.1 Å². The maximum atomic E-state index is 13.3. The van der Waals surface area contributed by atoms with E-state index in [2.05, 4.69) is 10.6 Å². The second kappa shape index (κ2) is 20.6. The van der Waals surface area contributed by atoms with E-state index < -0.39 is 42.5 Å². The Morgan fingerprint density at radius 1 is 1.06 bits per heavy atom. The maximum absolute atomic E-state index is 13.3. The SMILES string of the molecule is C.CNCCN(C)C(=O)Oc1cc2c(O)c(c1)[C@H](OC)[C@@H](C)C[C@H](OC)[C@H](OC)[C@@H](C)/C=C(\C)[C@H](OC(N)=O)[C@@H](C)/C=C\C=C(/C)C(=O)N2. The minimum Gasteiger partial charge on any atom is -0.505 e. The number of nitrogens with zero attached hydrogens (tertiary/aromatic N) is 1. The van der Waals surface area contributed by atoms with E-state index in [1.54, 1.807) is 53.5 Å².